The topological polar surface area (TPSA) is 93.8 Å². The molecule has 34 heavy (non-hydrogen) atoms. The highest BCUT2D eigenvalue weighted by Gasteiger charge is 2.41. The number of carbonyl (C=O) groups excluding carboxylic acids is 1. The molecular formula is C25H35F3N2O4. The molecule has 1 aliphatic heterocycles. The van der Waals surface area contributed by atoms with Gasteiger partial charge < -0.3 is 25.6 Å². The van der Waals surface area contributed by atoms with Crippen molar-refractivity contribution in [2.75, 3.05) is 26.6 Å². The molecule has 0 bridgehead atoms. The van der Waals surface area contributed by atoms with Gasteiger partial charge in [0.1, 0.15) is 19.1 Å². The number of unbranched alkanes of at least 4 members (excludes halogenated alkanes) is 1. The molecule has 0 aromatic rings. The van der Waals surface area contributed by atoms with Gasteiger partial charge in [0.15, 0.2) is 0 Å². The summed E-state index contributed by atoms with van der Waals surface area (Å²) in [5, 5.41) is 12.6. The van der Waals surface area contributed by atoms with Crippen LogP contribution in [0.15, 0.2) is 59.1 Å². The lowest BCUT2D eigenvalue weighted by molar-refractivity contribution is -0.169. The maximum Gasteiger partial charge on any atom is 0.395 e. The molecule has 0 radical (unpaired) electrons. The van der Waals surface area contributed by atoms with Gasteiger partial charge in [-0.15, -0.1) is 0 Å². The molecule has 2 atom stereocenters. The molecular weight excluding hydrogens is 449 g/mol. The monoisotopic (exact) mass is 484 g/mol. The Bertz CT molecular complexity index is 870. The van der Waals surface area contributed by atoms with Gasteiger partial charge in [-0.05, 0) is 36.5 Å². The number of nitrogens with two attached hydrogens (primary N) is 1. The number of aliphatic hydroxyl groups excluding tert-OH is 1. The first-order valence-electron chi connectivity index (χ1n) is 11.3. The van der Waals surface area contributed by atoms with Crippen LogP contribution in [0.4, 0.5) is 13.2 Å². The molecule has 9 heteroatoms. The van der Waals surface area contributed by atoms with Gasteiger partial charge in [-0.25, -0.2) is 0 Å². The van der Waals surface area contributed by atoms with Gasteiger partial charge in [-0.1, -0.05) is 45.1 Å². The summed E-state index contributed by atoms with van der Waals surface area (Å²) in [5.74, 6) is -2.09. The standard InChI is InChI=1S/C25H35F3N2O4/c1-17-12-18(8-10-21(17)25(26,27)28)20(6-4-5-7-23(29)32)22-11-9-19(13-33-16-30-22)34-15-24(2,3)14-31/h6,8-12,17,21,30-31H,4-5,7,13-16H2,1-3H3,(H2,29,32)/b19-9?,20-6+,22-11?. The summed E-state index contributed by atoms with van der Waals surface area (Å²) in [5.41, 5.74) is 6.84. The SMILES string of the molecule is CC1C=C(/C(=C\CCCC(N)=O)C2=CC=C(OCC(C)(C)CO)COCN2)C=CC1C(F)(F)F. The molecule has 0 saturated carbocycles. The van der Waals surface area contributed by atoms with Gasteiger partial charge in [0.25, 0.3) is 0 Å². The Kier molecular flexibility index (Phi) is 10.00. The van der Waals surface area contributed by atoms with Crippen LogP contribution in [0.2, 0.25) is 0 Å². The van der Waals surface area contributed by atoms with Crippen LogP contribution >= 0.6 is 0 Å². The number of carbonyl (C=O) groups is 1. The fourth-order valence-electron chi connectivity index (χ4n) is 3.49. The zero-order chi connectivity index (χ0) is 25.4. The van der Waals surface area contributed by atoms with E-state index >= 15 is 0 Å². The molecule has 1 aliphatic carbocycles. The van der Waals surface area contributed by atoms with Crippen molar-refractivity contribution in [3.05, 3.63) is 59.1 Å². The molecule has 0 saturated heterocycles. The highest BCUT2D eigenvalue weighted by molar-refractivity contribution is 5.73. The zero-order valence-electron chi connectivity index (χ0n) is 20.0. The molecule has 2 rings (SSSR count). The van der Waals surface area contributed by atoms with Gasteiger partial charge in [0, 0.05) is 23.1 Å². The third kappa shape index (κ3) is 8.68. The number of primary amides is 1. The predicted molar refractivity (Wildman–Crippen MR) is 124 cm³/mol. The number of ether oxygens (including phenoxy) is 2. The number of amides is 1. The van der Waals surface area contributed by atoms with E-state index in [4.69, 9.17) is 15.2 Å². The quantitative estimate of drug-likeness (QED) is 0.403. The van der Waals surface area contributed by atoms with Crippen molar-refractivity contribution in [1.82, 2.24) is 5.32 Å². The van der Waals surface area contributed by atoms with Gasteiger partial charge in [-0.2, -0.15) is 13.2 Å². The summed E-state index contributed by atoms with van der Waals surface area (Å²) in [6.07, 6.45) is 6.71. The number of nitrogens with one attached hydrogen (secondary N) is 1. The number of allylic oxidation sites excluding steroid dienone is 7. The maximum absolute atomic E-state index is 13.3. The van der Waals surface area contributed by atoms with Crippen molar-refractivity contribution >= 4 is 5.91 Å². The Morgan fingerprint density at radius 3 is 2.71 bits per heavy atom. The lowest BCUT2D eigenvalue weighted by atomic mass is 9.83. The van der Waals surface area contributed by atoms with E-state index in [9.17, 15) is 23.1 Å². The lowest BCUT2D eigenvalue weighted by Gasteiger charge is -2.27. The Morgan fingerprint density at radius 2 is 2.09 bits per heavy atom. The van der Waals surface area contributed by atoms with E-state index in [0.717, 1.165) is 0 Å². The summed E-state index contributed by atoms with van der Waals surface area (Å²) < 4.78 is 51.4. The number of hydrogen-bond acceptors (Lipinski definition) is 5. The van der Waals surface area contributed by atoms with Crippen molar-refractivity contribution < 1.29 is 32.5 Å². The van der Waals surface area contributed by atoms with Crippen LogP contribution in [0.1, 0.15) is 40.0 Å². The van der Waals surface area contributed by atoms with E-state index in [1.807, 2.05) is 19.9 Å². The van der Waals surface area contributed by atoms with Gasteiger partial charge in [0.2, 0.25) is 5.91 Å². The van der Waals surface area contributed by atoms with E-state index in [1.54, 1.807) is 25.2 Å². The third-order valence-corrected chi connectivity index (χ3v) is 5.57. The normalized spacial score (nSPS) is 22.1. The first kappa shape index (κ1) is 27.7. The Balaban J connectivity index is 2.33. The Hall–Kier alpha value is -2.52. The van der Waals surface area contributed by atoms with Crippen LogP contribution in [-0.2, 0) is 14.3 Å². The fraction of sp³-hybridized carbons (Fsp3) is 0.560. The number of alkyl halides is 3. The summed E-state index contributed by atoms with van der Waals surface area (Å²) in [7, 11) is 0. The first-order valence-corrected chi connectivity index (χ1v) is 11.3. The molecule has 1 amide bonds. The van der Waals surface area contributed by atoms with Crippen molar-refractivity contribution in [1.29, 1.82) is 0 Å². The van der Waals surface area contributed by atoms with Gasteiger partial charge in [-0.3, -0.25) is 4.79 Å². The molecule has 0 aromatic carbocycles. The minimum absolute atomic E-state index is 0.0282. The number of halogens is 3. The Labute approximate surface area is 199 Å². The predicted octanol–water partition coefficient (Wildman–Crippen LogP) is 4.26. The fourth-order valence-corrected chi connectivity index (χ4v) is 3.49. The van der Waals surface area contributed by atoms with Crippen LogP contribution in [0, 0.1) is 17.3 Å². The van der Waals surface area contributed by atoms with Crippen LogP contribution in [0.25, 0.3) is 0 Å². The first-order chi connectivity index (χ1) is 15.9. The molecule has 0 spiro atoms. The Morgan fingerprint density at radius 1 is 1.35 bits per heavy atom. The molecule has 2 aliphatic rings. The van der Waals surface area contributed by atoms with Crippen LogP contribution in [-0.4, -0.2) is 43.7 Å². The minimum Gasteiger partial charge on any atom is -0.495 e. The molecule has 6 nitrogen and oxygen atoms in total. The maximum atomic E-state index is 13.3. The van der Waals surface area contributed by atoms with E-state index < -0.39 is 29.3 Å². The van der Waals surface area contributed by atoms with E-state index in [1.165, 1.54) is 12.2 Å². The summed E-state index contributed by atoms with van der Waals surface area (Å²) >= 11 is 0. The second-order valence-electron chi connectivity index (χ2n) is 9.38. The summed E-state index contributed by atoms with van der Waals surface area (Å²) in [6, 6.07) is 0. The van der Waals surface area contributed by atoms with Crippen molar-refractivity contribution in [2.45, 2.75) is 46.2 Å². The van der Waals surface area contributed by atoms with Crippen molar-refractivity contribution in [2.24, 2.45) is 23.0 Å². The van der Waals surface area contributed by atoms with Crippen LogP contribution < -0.4 is 11.1 Å². The van der Waals surface area contributed by atoms with Crippen molar-refractivity contribution in [3.8, 4) is 0 Å². The molecule has 2 unspecified atom stereocenters. The molecule has 4 N–H and O–H groups in total. The molecule has 0 fully saturated rings. The van der Waals surface area contributed by atoms with Crippen molar-refractivity contribution in [3.63, 3.8) is 0 Å². The van der Waals surface area contributed by atoms with Crippen LogP contribution in [0.5, 0.6) is 0 Å². The van der Waals surface area contributed by atoms with E-state index in [0.29, 0.717) is 42.1 Å². The van der Waals surface area contributed by atoms with Gasteiger partial charge >= 0.3 is 6.18 Å². The second-order valence-corrected chi connectivity index (χ2v) is 9.38. The lowest BCUT2D eigenvalue weighted by Crippen LogP contribution is -2.28. The van der Waals surface area contributed by atoms with E-state index in [-0.39, 0.29) is 26.4 Å². The average molecular weight is 485 g/mol. The van der Waals surface area contributed by atoms with Gasteiger partial charge in [0.05, 0.1) is 19.1 Å². The zero-order valence-corrected chi connectivity index (χ0v) is 20.0. The number of rotatable bonds is 10. The second kappa shape index (κ2) is 12.3. The molecule has 190 valence electrons. The highest BCUT2D eigenvalue weighted by atomic mass is 19.4. The summed E-state index contributed by atoms with van der Waals surface area (Å²) in [6.45, 7) is 5.99. The summed E-state index contributed by atoms with van der Waals surface area (Å²) in [4.78, 5) is 11.1. The van der Waals surface area contributed by atoms with E-state index in [2.05, 4.69) is 5.32 Å². The average Bonchev–Trinajstić information content (AvgIpc) is 2.73. The number of hydrogen-bond donors (Lipinski definition) is 3. The smallest absolute Gasteiger partial charge is 0.395 e. The minimum atomic E-state index is -4.31. The third-order valence-electron chi connectivity index (χ3n) is 5.57. The number of aliphatic hydroxyl groups is 1. The molecule has 0 aromatic heterocycles. The highest BCUT2D eigenvalue weighted by Crippen LogP contribution is 2.38. The van der Waals surface area contributed by atoms with Crippen LogP contribution in [0.3, 0.4) is 0 Å². The molecule has 1 heterocycles. The largest absolute Gasteiger partial charge is 0.495 e.